The van der Waals surface area contributed by atoms with Gasteiger partial charge in [-0.1, -0.05) is 0 Å². The molecular weight excluding hydrogens is 257 g/mol. The van der Waals surface area contributed by atoms with E-state index in [1.807, 2.05) is 0 Å². The summed E-state index contributed by atoms with van der Waals surface area (Å²) in [5.41, 5.74) is 0.1000. The van der Waals surface area contributed by atoms with Crippen LogP contribution in [-0.4, -0.2) is 34.1 Å². The number of benzene rings is 1. The highest BCUT2D eigenvalue weighted by atomic mass is 19.1. The van der Waals surface area contributed by atoms with E-state index in [1.165, 1.54) is 12.1 Å². The minimum atomic E-state index is -1.32. The molecule has 1 unspecified atom stereocenters. The first-order valence-electron chi connectivity index (χ1n) is 5.41. The van der Waals surface area contributed by atoms with Gasteiger partial charge in [-0.05, 0) is 30.7 Å². The standard InChI is InChI=1S/C12H12FNO5/c13-8-3-1-7(2-4-8)11(17)14-9(12(18)19)5-6-10(15)16/h1-4,9H,5-6H2,(H,14,17)(H,15,16)(H,18,19). The highest BCUT2D eigenvalue weighted by molar-refractivity contribution is 5.96. The Balaban J connectivity index is 2.68. The van der Waals surface area contributed by atoms with Gasteiger partial charge in [-0.3, -0.25) is 9.59 Å². The van der Waals surface area contributed by atoms with Gasteiger partial charge in [0.1, 0.15) is 11.9 Å². The van der Waals surface area contributed by atoms with Gasteiger partial charge in [0, 0.05) is 12.0 Å². The first-order chi connectivity index (χ1) is 8.90. The normalized spacial score (nSPS) is 11.6. The lowest BCUT2D eigenvalue weighted by atomic mass is 10.1. The van der Waals surface area contributed by atoms with Crippen LogP contribution in [0.2, 0.25) is 0 Å². The molecule has 7 heteroatoms. The van der Waals surface area contributed by atoms with Crippen LogP contribution in [0.1, 0.15) is 23.2 Å². The number of carboxylic acids is 2. The maximum Gasteiger partial charge on any atom is 0.326 e. The van der Waals surface area contributed by atoms with Gasteiger partial charge >= 0.3 is 11.9 Å². The average Bonchev–Trinajstić information content (AvgIpc) is 2.34. The molecule has 1 rings (SSSR count). The van der Waals surface area contributed by atoms with Gasteiger partial charge in [-0.15, -0.1) is 0 Å². The van der Waals surface area contributed by atoms with Crippen LogP contribution in [0.15, 0.2) is 24.3 Å². The predicted octanol–water partition coefficient (Wildman–Crippen LogP) is 0.873. The smallest absolute Gasteiger partial charge is 0.326 e. The maximum absolute atomic E-state index is 12.7. The van der Waals surface area contributed by atoms with E-state index in [0.29, 0.717) is 0 Å². The fraction of sp³-hybridized carbons (Fsp3) is 0.250. The molecule has 0 aromatic heterocycles. The molecule has 1 aromatic carbocycles. The molecule has 0 fully saturated rings. The highest BCUT2D eigenvalue weighted by Crippen LogP contribution is 2.05. The lowest BCUT2D eigenvalue weighted by molar-refractivity contribution is -0.140. The molecule has 0 radical (unpaired) electrons. The van der Waals surface area contributed by atoms with Crippen LogP contribution in [0.4, 0.5) is 4.39 Å². The summed E-state index contributed by atoms with van der Waals surface area (Å²) in [7, 11) is 0. The van der Waals surface area contributed by atoms with Crippen molar-refractivity contribution in [1.29, 1.82) is 0 Å². The molecule has 1 aromatic rings. The van der Waals surface area contributed by atoms with Gasteiger partial charge in [0.05, 0.1) is 0 Å². The predicted molar refractivity (Wildman–Crippen MR) is 62.2 cm³/mol. The van der Waals surface area contributed by atoms with E-state index in [4.69, 9.17) is 10.2 Å². The SMILES string of the molecule is O=C(O)CCC(NC(=O)c1ccc(F)cc1)C(=O)O. The van der Waals surface area contributed by atoms with Crippen LogP contribution in [-0.2, 0) is 9.59 Å². The van der Waals surface area contributed by atoms with Crippen molar-refractivity contribution in [3.63, 3.8) is 0 Å². The Morgan fingerprint density at radius 2 is 1.74 bits per heavy atom. The number of hydrogen-bond donors (Lipinski definition) is 3. The molecule has 0 spiro atoms. The monoisotopic (exact) mass is 269 g/mol. The Labute approximate surface area is 107 Å². The number of halogens is 1. The van der Waals surface area contributed by atoms with Crippen molar-refractivity contribution in [3.05, 3.63) is 35.6 Å². The Morgan fingerprint density at radius 3 is 2.21 bits per heavy atom. The molecule has 6 nitrogen and oxygen atoms in total. The van der Waals surface area contributed by atoms with E-state index in [-0.39, 0.29) is 18.4 Å². The van der Waals surface area contributed by atoms with Crippen LogP contribution < -0.4 is 5.32 Å². The quantitative estimate of drug-likeness (QED) is 0.711. The third kappa shape index (κ3) is 4.74. The number of carbonyl (C=O) groups excluding carboxylic acids is 1. The van der Waals surface area contributed by atoms with E-state index in [1.54, 1.807) is 0 Å². The third-order valence-electron chi connectivity index (χ3n) is 2.36. The third-order valence-corrected chi connectivity index (χ3v) is 2.36. The van der Waals surface area contributed by atoms with Crippen molar-refractivity contribution >= 4 is 17.8 Å². The zero-order valence-corrected chi connectivity index (χ0v) is 9.80. The van der Waals surface area contributed by atoms with Crippen molar-refractivity contribution in [2.45, 2.75) is 18.9 Å². The van der Waals surface area contributed by atoms with Crippen molar-refractivity contribution in [2.24, 2.45) is 0 Å². The maximum atomic E-state index is 12.7. The largest absolute Gasteiger partial charge is 0.481 e. The second-order valence-corrected chi connectivity index (χ2v) is 3.80. The second kappa shape index (κ2) is 6.48. The number of aliphatic carboxylic acids is 2. The first kappa shape index (κ1) is 14.6. The van der Waals surface area contributed by atoms with E-state index in [0.717, 1.165) is 12.1 Å². The minimum Gasteiger partial charge on any atom is -0.481 e. The van der Waals surface area contributed by atoms with Crippen molar-refractivity contribution in [3.8, 4) is 0 Å². The molecule has 0 saturated heterocycles. The Hall–Kier alpha value is -2.44. The van der Waals surface area contributed by atoms with Crippen LogP contribution in [0.25, 0.3) is 0 Å². The Bertz CT molecular complexity index is 485. The van der Waals surface area contributed by atoms with E-state index in [2.05, 4.69) is 5.32 Å². The summed E-state index contributed by atoms with van der Waals surface area (Å²) >= 11 is 0. The van der Waals surface area contributed by atoms with E-state index >= 15 is 0 Å². The van der Waals surface area contributed by atoms with Gasteiger partial charge in [-0.25, -0.2) is 9.18 Å². The minimum absolute atomic E-state index is 0.1000. The highest BCUT2D eigenvalue weighted by Gasteiger charge is 2.21. The molecule has 3 N–H and O–H groups in total. The molecule has 1 amide bonds. The molecule has 19 heavy (non-hydrogen) atoms. The van der Waals surface area contributed by atoms with Gasteiger partial charge in [0.25, 0.3) is 5.91 Å². The van der Waals surface area contributed by atoms with Crippen molar-refractivity contribution in [1.82, 2.24) is 5.32 Å². The summed E-state index contributed by atoms with van der Waals surface area (Å²) in [6.07, 6.45) is -0.599. The van der Waals surface area contributed by atoms with Crippen molar-refractivity contribution in [2.75, 3.05) is 0 Å². The van der Waals surface area contributed by atoms with Gasteiger partial charge < -0.3 is 15.5 Å². The molecule has 0 saturated carbocycles. The summed E-state index contributed by atoms with van der Waals surface area (Å²) in [5, 5.41) is 19.5. The van der Waals surface area contributed by atoms with Crippen molar-refractivity contribution < 1.29 is 29.0 Å². The number of nitrogens with one attached hydrogen (secondary N) is 1. The van der Waals surface area contributed by atoms with Crippen LogP contribution in [0.3, 0.4) is 0 Å². The molecular formula is C12H12FNO5. The summed E-state index contributed by atoms with van der Waals surface area (Å²) in [6, 6.07) is 3.26. The number of carboxylic acid groups (broad SMARTS) is 2. The molecule has 0 aliphatic rings. The number of carbonyl (C=O) groups is 3. The summed E-state index contributed by atoms with van der Waals surface area (Å²) in [5.74, 6) is -3.69. The number of rotatable bonds is 6. The molecule has 1 atom stereocenters. The zero-order chi connectivity index (χ0) is 14.4. The molecule has 0 aliphatic heterocycles. The fourth-order valence-corrected chi connectivity index (χ4v) is 1.37. The lowest BCUT2D eigenvalue weighted by Gasteiger charge is -2.13. The Morgan fingerprint density at radius 1 is 1.16 bits per heavy atom. The topological polar surface area (TPSA) is 104 Å². The van der Waals surface area contributed by atoms with E-state index in [9.17, 15) is 18.8 Å². The summed E-state index contributed by atoms with van der Waals surface area (Å²) in [4.78, 5) is 32.9. The molecule has 0 bridgehead atoms. The van der Waals surface area contributed by atoms with Gasteiger partial charge in [-0.2, -0.15) is 0 Å². The van der Waals surface area contributed by atoms with Gasteiger partial charge in [0.2, 0.25) is 0 Å². The Kier molecular flexibility index (Phi) is 4.99. The van der Waals surface area contributed by atoms with E-state index < -0.39 is 29.7 Å². The molecule has 0 aliphatic carbocycles. The second-order valence-electron chi connectivity index (χ2n) is 3.80. The number of amides is 1. The van der Waals surface area contributed by atoms with Crippen LogP contribution in [0, 0.1) is 5.82 Å². The summed E-state index contributed by atoms with van der Waals surface area (Å²) < 4.78 is 12.7. The molecule has 102 valence electrons. The first-order valence-corrected chi connectivity index (χ1v) is 5.41. The average molecular weight is 269 g/mol. The molecule has 0 heterocycles. The number of hydrogen-bond acceptors (Lipinski definition) is 3. The zero-order valence-electron chi connectivity index (χ0n) is 9.80. The lowest BCUT2D eigenvalue weighted by Crippen LogP contribution is -2.41. The fourth-order valence-electron chi connectivity index (χ4n) is 1.37. The van der Waals surface area contributed by atoms with Gasteiger partial charge in [0.15, 0.2) is 0 Å². The summed E-state index contributed by atoms with van der Waals surface area (Å²) in [6.45, 7) is 0. The van der Waals surface area contributed by atoms with Crippen LogP contribution in [0.5, 0.6) is 0 Å². The van der Waals surface area contributed by atoms with Crippen LogP contribution >= 0.6 is 0 Å².